The van der Waals surface area contributed by atoms with Crippen LogP contribution < -0.4 is 0 Å². The van der Waals surface area contributed by atoms with Crippen molar-refractivity contribution >= 4 is 6.29 Å². The van der Waals surface area contributed by atoms with Gasteiger partial charge in [0, 0.05) is 11.5 Å². The van der Waals surface area contributed by atoms with Gasteiger partial charge in [-0.05, 0) is 12.0 Å². The summed E-state index contributed by atoms with van der Waals surface area (Å²) in [6, 6.07) is 0. The Morgan fingerprint density at radius 2 is 1.92 bits per heavy atom. The highest BCUT2D eigenvalue weighted by Gasteiger charge is 2.50. The van der Waals surface area contributed by atoms with Crippen LogP contribution in [0.4, 0.5) is 0 Å². The molecule has 2 fully saturated rings. The summed E-state index contributed by atoms with van der Waals surface area (Å²) in [5.74, 6) is -0.879. The van der Waals surface area contributed by atoms with E-state index in [-0.39, 0.29) is 5.92 Å². The molecule has 3 aliphatic rings. The number of hydrogen-bond donors (Lipinski definition) is 5. The summed E-state index contributed by atoms with van der Waals surface area (Å²) in [6.07, 6.45) is -6.79. The van der Waals surface area contributed by atoms with E-state index in [1.54, 1.807) is 0 Å². The third kappa shape index (κ3) is 3.13. The lowest BCUT2D eigenvalue weighted by Crippen LogP contribution is -2.60. The van der Waals surface area contributed by atoms with E-state index in [1.807, 2.05) is 0 Å². The van der Waals surface area contributed by atoms with E-state index in [0.29, 0.717) is 23.9 Å². The van der Waals surface area contributed by atoms with Gasteiger partial charge in [0.1, 0.15) is 30.7 Å². The van der Waals surface area contributed by atoms with Crippen molar-refractivity contribution in [2.24, 2.45) is 11.8 Å². The van der Waals surface area contributed by atoms with Crippen molar-refractivity contribution in [3.63, 3.8) is 0 Å². The zero-order valence-electron chi connectivity index (χ0n) is 13.3. The number of hydrogen-bond acceptors (Lipinski definition) is 9. The van der Waals surface area contributed by atoms with Gasteiger partial charge in [0.2, 0.25) is 6.29 Å². The van der Waals surface area contributed by atoms with Crippen LogP contribution in [0.1, 0.15) is 6.42 Å². The molecule has 25 heavy (non-hydrogen) atoms. The number of aldehydes is 1. The van der Waals surface area contributed by atoms with Gasteiger partial charge in [-0.2, -0.15) is 0 Å². The molecule has 0 radical (unpaired) electrons. The molecule has 1 saturated carbocycles. The first kappa shape index (κ1) is 18.5. The molecular formula is C16H22O9. The van der Waals surface area contributed by atoms with Gasteiger partial charge in [-0.15, -0.1) is 0 Å². The van der Waals surface area contributed by atoms with Crippen LogP contribution in [0.3, 0.4) is 0 Å². The molecule has 0 bridgehead atoms. The fraction of sp³-hybridized carbons (Fsp3) is 0.688. The summed E-state index contributed by atoms with van der Waals surface area (Å²) in [4.78, 5) is 11.2. The molecule has 140 valence electrons. The molecule has 5 N–H and O–H groups in total. The van der Waals surface area contributed by atoms with Crippen LogP contribution in [0, 0.1) is 11.8 Å². The molecule has 1 aliphatic carbocycles. The standard InChI is InChI=1S/C16H22O9/c1-6-9(19)2-8-7(3-17)5-23-15(11(6)8)25-16-14(22)13(21)12(20)10(4-18)24-16/h3,5,8-16,18-22H,1-2,4H2/t8-,9+,10?,11-,12?,13?,14?,15+,16?/m1/s1. The normalized spacial score (nSPS) is 47.0. The number of ether oxygens (including phenoxy) is 3. The van der Waals surface area contributed by atoms with Crippen LogP contribution in [0.25, 0.3) is 0 Å². The van der Waals surface area contributed by atoms with Crippen LogP contribution in [-0.4, -0.2) is 81.5 Å². The maximum absolute atomic E-state index is 11.2. The highest BCUT2D eigenvalue weighted by Crippen LogP contribution is 2.46. The van der Waals surface area contributed by atoms with Crippen molar-refractivity contribution in [3.8, 4) is 0 Å². The molecule has 5 unspecified atom stereocenters. The van der Waals surface area contributed by atoms with Gasteiger partial charge < -0.3 is 39.7 Å². The molecule has 0 aromatic heterocycles. The lowest BCUT2D eigenvalue weighted by atomic mass is 9.86. The van der Waals surface area contributed by atoms with Gasteiger partial charge in [-0.3, -0.25) is 4.79 Å². The van der Waals surface area contributed by atoms with Gasteiger partial charge in [-0.1, -0.05) is 6.58 Å². The second-order valence-corrected chi connectivity index (χ2v) is 6.53. The van der Waals surface area contributed by atoms with Crippen LogP contribution in [-0.2, 0) is 19.0 Å². The molecule has 0 amide bonds. The lowest BCUT2D eigenvalue weighted by molar-refractivity contribution is -0.339. The zero-order valence-corrected chi connectivity index (χ0v) is 13.3. The number of carbonyl (C=O) groups is 1. The van der Waals surface area contributed by atoms with Crippen molar-refractivity contribution in [1.82, 2.24) is 0 Å². The second-order valence-electron chi connectivity index (χ2n) is 6.53. The first-order valence-corrected chi connectivity index (χ1v) is 8.02. The third-order valence-electron chi connectivity index (χ3n) is 5.08. The van der Waals surface area contributed by atoms with Crippen molar-refractivity contribution in [2.45, 2.75) is 49.5 Å². The van der Waals surface area contributed by atoms with Crippen LogP contribution in [0.5, 0.6) is 0 Å². The molecule has 3 rings (SSSR count). The summed E-state index contributed by atoms with van der Waals surface area (Å²) < 4.78 is 16.3. The zero-order chi connectivity index (χ0) is 18.3. The summed E-state index contributed by atoms with van der Waals surface area (Å²) in [7, 11) is 0. The van der Waals surface area contributed by atoms with E-state index in [0.717, 1.165) is 0 Å². The van der Waals surface area contributed by atoms with Crippen LogP contribution in [0.15, 0.2) is 24.0 Å². The Bertz CT molecular complexity index is 560. The lowest BCUT2D eigenvalue weighted by Gasteiger charge is -2.42. The highest BCUT2D eigenvalue weighted by atomic mass is 16.8. The van der Waals surface area contributed by atoms with Gasteiger partial charge >= 0.3 is 0 Å². The minimum Gasteiger partial charge on any atom is -0.471 e. The maximum atomic E-state index is 11.2. The minimum atomic E-state index is -1.58. The Morgan fingerprint density at radius 1 is 1.20 bits per heavy atom. The Balaban J connectivity index is 1.79. The van der Waals surface area contributed by atoms with Crippen LogP contribution >= 0.6 is 0 Å². The van der Waals surface area contributed by atoms with E-state index in [2.05, 4.69) is 6.58 Å². The predicted octanol–water partition coefficient (Wildman–Crippen LogP) is -2.20. The van der Waals surface area contributed by atoms with Gasteiger partial charge in [0.25, 0.3) is 0 Å². The molecule has 2 aliphatic heterocycles. The van der Waals surface area contributed by atoms with Crippen molar-refractivity contribution in [3.05, 3.63) is 24.0 Å². The molecule has 1 saturated heterocycles. The topological polar surface area (TPSA) is 146 Å². The number of fused-ring (bicyclic) bond motifs is 1. The van der Waals surface area contributed by atoms with Gasteiger partial charge in [0.05, 0.1) is 24.9 Å². The first-order valence-electron chi connectivity index (χ1n) is 8.02. The number of rotatable bonds is 4. The minimum absolute atomic E-state index is 0.298. The quantitative estimate of drug-likeness (QED) is 0.279. The van der Waals surface area contributed by atoms with E-state index in [4.69, 9.17) is 14.2 Å². The fourth-order valence-corrected chi connectivity index (χ4v) is 3.59. The predicted molar refractivity (Wildman–Crippen MR) is 80.6 cm³/mol. The SMILES string of the molecule is C=C1[C@H]2[C@H](OC3OC(CO)C(O)C(O)C3O)OC=C(C=O)[C@H]2C[C@@H]1O. The summed E-state index contributed by atoms with van der Waals surface area (Å²) in [5.41, 5.74) is 0.809. The average molecular weight is 358 g/mol. The largest absolute Gasteiger partial charge is 0.471 e. The fourth-order valence-electron chi connectivity index (χ4n) is 3.59. The first-order chi connectivity index (χ1) is 11.9. The van der Waals surface area contributed by atoms with E-state index >= 15 is 0 Å². The van der Waals surface area contributed by atoms with Gasteiger partial charge in [-0.25, -0.2) is 0 Å². The maximum Gasteiger partial charge on any atom is 0.208 e. The van der Waals surface area contributed by atoms with Gasteiger partial charge in [0.15, 0.2) is 6.29 Å². The molecular weight excluding hydrogens is 336 g/mol. The third-order valence-corrected chi connectivity index (χ3v) is 5.08. The molecule has 0 spiro atoms. The van der Waals surface area contributed by atoms with E-state index < -0.39 is 55.6 Å². The van der Waals surface area contributed by atoms with Crippen molar-refractivity contribution in [2.75, 3.05) is 6.61 Å². The Kier molecular flexibility index (Phi) is 5.26. The molecule has 9 nitrogen and oxygen atoms in total. The van der Waals surface area contributed by atoms with Crippen molar-refractivity contribution < 1.29 is 44.5 Å². The Morgan fingerprint density at radius 3 is 2.56 bits per heavy atom. The summed E-state index contributed by atoms with van der Waals surface area (Å²) in [6.45, 7) is 3.24. The molecule has 0 aromatic carbocycles. The number of carbonyl (C=O) groups excluding carboxylic acids is 1. The molecule has 9 heteroatoms. The highest BCUT2D eigenvalue weighted by molar-refractivity contribution is 5.74. The Labute approximate surface area is 143 Å². The smallest absolute Gasteiger partial charge is 0.208 e. The second kappa shape index (κ2) is 7.12. The molecule has 2 heterocycles. The van der Waals surface area contributed by atoms with Crippen LogP contribution in [0.2, 0.25) is 0 Å². The summed E-state index contributed by atoms with van der Waals surface area (Å²) >= 11 is 0. The van der Waals surface area contributed by atoms with E-state index in [1.165, 1.54) is 6.26 Å². The average Bonchev–Trinajstić information content (AvgIpc) is 2.91. The Hall–Kier alpha value is -1.33. The van der Waals surface area contributed by atoms with E-state index in [9.17, 15) is 30.3 Å². The molecule has 0 aromatic rings. The summed E-state index contributed by atoms with van der Waals surface area (Å²) in [5, 5.41) is 49.0. The monoisotopic (exact) mass is 358 g/mol. The number of allylic oxidation sites excluding steroid dienone is 1. The van der Waals surface area contributed by atoms with Crippen molar-refractivity contribution in [1.29, 1.82) is 0 Å². The number of aliphatic hydroxyl groups excluding tert-OH is 5. The molecule has 9 atom stereocenters. The number of aliphatic hydroxyl groups is 5.